The summed E-state index contributed by atoms with van der Waals surface area (Å²) in [5.41, 5.74) is 1.25. The molecule has 0 amide bonds. The lowest BCUT2D eigenvalue weighted by molar-refractivity contribution is 0.328. The number of halogens is 1. The molecule has 0 aliphatic carbocycles. The summed E-state index contributed by atoms with van der Waals surface area (Å²) in [7, 11) is 4.03. The van der Waals surface area contributed by atoms with Gasteiger partial charge in [0, 0.05) is 31.2 Å². The Morgan fingerprint density at radius 3 is 2.92 bits per heavy atom. The maximum atomic E-state index is 5.61. The van der Waals surface area contributed by atoms with Crippen molar-refractivity contribution >= 4 is 11.6 Å². The summed E-state index contributed by atoms with van der Waals surface area (Å²) >= 11 is 5.61. The van der Waals surface area contributed by atoms with Gasteiger partial charge in [0.25, 0.3) is 0 Å². The fourth-order valence-corrected chi connectivity index (χ4v) is 1.39. The number of aryl methyl sites for hydroxylation is 1. The van der Waals surface area contributed by atoms with Gasteiger partial charge >= 0.3 is 0 Å². The Morgan fingerprint density at radius 1 is 1.62 bits per heavy atom. The summed E-state index contributed by atoms with van der Waals surface area (Å²) in [6.45, 7) is 1.99. The largest absolute Gasteiger partial charge is 0.302 e. The van der Waals surface area contributed by atoms with Crippen molar-refractivity contribution in [2.75, 3.05) is 19.5 Å². The fraction of sp³-hybridized carbons (Fsp3) is 0.667. The van der Waals surface area contributed by atoms with Crippen LogP contribution in [-0.2, 0) is 13.6 Å². The zero-order valence-corrected chi connectivity index (χ0v) is 8.96. The number of alkyl halides is 1. The molecule has 0 aliphatic heterocycles. The van der Waals surface area contributed by atoms with Crippen molar-refractivity contribution in [2.45, 2.75) is 13.0 Å². The normalized spacial score (nSPS) is 11.1. The maximum Gasteiger partial charge on any atom is 0.0534 e. The third-order valence-corrected chi connectivity index (χ3v) is 2.15. The molecule has 1 aromatic rings. The van der Waals surface area contributed by atoms with Crippen molar-refractivity contribution in [2.24, 2.45) is 7.05 Å². The fourth-order valence-electron chi connectivity index (χ4n) is 1.27. The minimum Gasteiger partial charge on any atom is -0.302 e. The standard InChI is InChI=1S/C9H16ClN3/c1-12(5-3-4-10)7-9-6-11-13(2)8-9/h6,8H,3-5,7H2,1-2H3. The van der Waals surface area contributed by atoms with E-state index >= 15 is 0 Å². The summed E-state index contributed by atoms with van der Waals surface area (Å²) in [5, 5.41) is 4.11. The maximum absolute atomic E-state index is 5.61. The van der Waals surface area contributed by atoms with Crippen LogP contribution in [0.1, 0.15) is 12.0 Å². The van der Waals surface area contributed by atoms with Gasteiger partial charge in [-0.05, 0) is 20.0 Å². The Balaban J connectivity index is 2.31. The molecule has 0 saturated heterocycles. The molecule has 74 valence electrons. The summed E-state index contributed by atoms with van der Waals surface area (Å²) in [5.74, 6) is 0.734. The molecule has 1 rings (SSSR count). The van der Waals surface area contributed by atoms with E-state index in [0.29, 0.717) is 0 Å². The molecule has 0 radical (unpaired) electrons. The van der Waals surface area contributed by atoms with Gasteiger partial charge in [0.1, 0.15) is 0 Å². The molecular weight excluding hydrogens is 186 g/mol. The smallest absolute Gasteiger partial charge is 0.0534 e. The minimum atomic E-state index is 0.734. The summed E-state index contributed by atoms with van der Waals surface area (Å²) in [6, 6.07) is 0. The second-order valence-corrected chi connectivity index (χ2v) is 3.68. The molecule has 13 heavy (non-hydrogen) atoms. The average Bonchev–Trinajstić information content (AvgIpc) is 2.48. The quantitative estimate of drug-likeness (QED) is 0.673. The van der Waals surface area contributed by atoms with Crippen molar-refractivity contribution < 1.29 is 0 Å². The molecule has 0 unspecified atom stereocenters. The van der Waals surface area contributed by atoms with Crippen molar-refractivity contribution in [3.05, 3.63) is 18.0 Å². The van der Waals surface area contributed by atoms with Gasteiger partial charge in [-0.15, -0.1) is 11.6 Å². The average molecular weight is 202 g/mol. The van der Waals surface area contributed by atoms with Crippen molar-refractivity contribution in [3.63, 3.8) is 0 Å². The molecule has 0 N–H and O–H groups in total. The summed E-state index contributed by atoms with van der Waals surface area (Å²) in [6.07, 6.45) is 4.98. The van der Waals surface area contributed by atoms with Crippen LogP contribution in [0.4, 0.5) is 0 Å². The van der Waals surface area contributed by atoms with Crippen LogP contribution in [0.3, 0.4) is 0 Å². The van der Waals surface area contributed by atoms with E-state index in [0.717, 1.165) is 25.4 Å². The minimum absolute atomic E-state index is 0.734. The van der Waals surface area contributed by atoms with Crippen molar-refractivity contribution in [1.82, 2.24) is 14.7 Å². The Morgan fingerprint density at radius 2 is 2.38 bits per heavy atom. The molecule has 0 atom stereocenters. The van der Waals surface area contributed by atoms with Gasteiger partial charge in [0.2, 0.25) is 0 Å². The second-order valence-electron chi connectivity index (χ2n) is 3.30. The van der Waals surface area contributed by atoms with Crippen LogP contribution in [0.25, 0.3) is 0 Å². The van der Waals surface area contributed by atoms with Gasteiger partial charge in [0.05, 0.1) is 6.20 Å². The monoisotopic (exact) mass is 201 g/mol. The van der Waals surface area contributed by atoms with E-state index in [4.69, 9.17) is 11.6 Å². The SMILES string of the molecule is CN(CCCCl)Cc1cnn(C)c1. The molecule has 0 aliphatic rings. The lowest BCUT2D eigenvalue weighted by Gasteiger charge is -2.13. The highest BCUT2D eigenvalue weighted by atomic mass is 35.5. The zero-order valence-electron chi connectivity index (χ0n) is 8.20. The molecule has 3 nitrogen and oxygen atoms in total. The van der Waals surface area contributed by atoms with Crippen molar-refractivity contribution in [3.8, 4) is 0 Å². The lowest BCUT2D eigenvalue weighted by Crippen LogP contribution is -2.19. The highest BCUT2D eigenvalue weighted by Gasteiger charge is 2.00. The van der Waals surface area contributed by atoms with Crippen LogP contribution in [-0.4, -0.2) is 34.2 Å². The van der Waals surface area contributed by atoms with Crippen LogP contribution in [0, 0.1) is 0 Å². The van der Waals surface area contributed by atoms with E-state index in [1.54, 1.807) is 0 Å². The van der Waals surface area contributed by atoms with E-state index in [1.807, 2.05) is 24.1 Å². The van der Waals surface area contributed by atoms with E-state index in [9.17, 15) is 0 Å². The van der Waals surface area contributed by atoms with Gasteiger partial charge in [0.15, 0.2) is 0 Å². The molecule has 4 heteroatoms. The molecule has 1 heterocycles. The van der Waals surface area contributed by atoms with Gasteiger partial charge in [-0.2, -0.15) is 5.10 Å². The first kappa shape index (κ1) is 10.5. The van der Waals surface area contributed by atoms with E-state index in [-0.39, 0.29) is 0 Å². The molecule has 0 fully saturated rings. The first-order valence-electron chi connectivity index (χ1n) is 4.44. The molecule has 0 aromatic carbocycles. The third kappa shape index (κ3) is 3.79. The number of nitrogens with zero attached hydrogens (tertiary/aromatic N) is 3. The first-order valence-corrected chi connectivity index (χ1v) is 4.98. The molecule has 0 saturated carbocycles. The predicted octanol–water partition coefficient (Wildman–Crippen LogP) is 1.48. The third-order valence-electron chi connectivity index (χ3n) is 1.88. The topological polar surface area (TPSA) is 21.1 Å². The Kier molecular flexibility index (Phi) is 4.25. The second kappa shape index (κ2) is 5.25. The van der Waals surface area contributed by atoms with Crippen LogP contribution >= 0.6 is 11.6 Å². The molecule has 1 aromatic heterocycles. The van der Waals surface area contributed by atoms with Crippen LogP contribution in [0.15, 0.2) is 12.4 Å². The van der Waals surface area contributed by atoms with Gasteiger partial charge in [-0.25, -0.2) is 0 Å². The summed E-state index contributed by atoms with van der Waals surface area (Å²) < 4.78 is 1.82. The lowest BCUT2D eigenvalue weighted by atomic mass is 10.3. The Bertz CT molecular complexity index is 247. The Hall–Kier alpha value is -0.540. The number of rotatable bonds is 5. The first-order chi connectivity index (χ1) is 6.22. The predicted molar refractivity (Wildman–Crippen MR) is 54.9 cm³/mol. The van der Waals surface area contributed by atoms with Gasteiger partial charge < -0.3 is 4.90 Å². The van der Waals surface area contributed by atoms with Crippen LogP contribution in [0.2, 0.25) is 0 Å². The van der Waals surface area contributed by atoms with Crippen LogP contribution < -0.4 is 0 Å². The Labute approximate surface area is 84.3 Å². The van der Waals surface area contributed by atoms with E-state index in [2.05, 4.69) is 17.0 Å². The molecular formula is C9H16ClN3. The number of hydrogen-bond acceptors (Lipinski definition) is 2. The molecule has 0 bridgehead atoms. The molecule has 0 spiro atoms. The summed E-state index contributed by atoms with van der Waals surface area (Å²) in [4.78, 5) is 2.25. The van der Waals surface area contributed by atoms with Gasteiger partial charge in [-0.1, -0.05) is 0 Å². The van der Waals surface area contributed by atoms with Gasteiger partial charge in [-0.3, -0.25) is 4.68 Å². The van der Waals surface area contributed by atoms with Crippen LogP contribution in [0.5, 0.6) is 0 Å². The highest BCUT2D eigenvalue weighted by Crippen LogP contribution is 2.01. The number of hydrogen-bond donors (Lipinski definition) is 0. The number of aromatic nitrogens is 2. The zero-order chi connectivity index (χ0) is 9.68. The van der Waals surface area contributed by atoms with E-state index < -0.39 is 0 Å². The highest BCUT2D eigenvalue weighted by molar-refractivity contribution is 6.17. The van der Waals surface area contributed by atoms with Crippen molar-refractivity contribution in [1.29, 1.82) is 0 Å². The van der Waals surface area contributed by atoms with E-state index in [1.165, 1.54) is 5.56 Å².